The Hall–Kier alpha value is -2.08. The van der Waals surface area contributed by atoms with Crippen LogP contribution in [0.5, 0.6) is 0 Å². The Kier molecular flexibility index (Phi) is 12.3. The number of hydrogen-bond acceptors (Lipinski definition) is 4. The summed E-state index contributed by atoms with van der Waals surface area (Å²) >= 11 is 0. The molecule has 1 aliphatic heterocycles. The van der Waals surface area contributed by atoms with Crippen LogP contribution < -0.4 is 5.73 Å². The van der Waals surface area contributed by atoms with Crippen LogP contribution in [0, 0.1) is 0 Å². The van der Waals surface area contributed by atoms with E-state index in [-0.39, 0.29) is 17.8 Å². The highest BCUT2D eigenvalue weighted by Crippen LogP contribution is 2.20. The third-order valence-electron chi connectivity index (χ3n) is 6.89. The minimum atomic E-state index is 0.0864. The number of rotatable bonds is 14. The lowest BCUT2D eigenvalue weighted by atomic mass is 10.0. The Labute approximate surface area is 201 Å². The van der Waals surface area contributed by atoms with E-state index >= 15 is 0 Å². The minimum Gasteiger partial charge on any atom is -0.409 e. The van der Waals surface area contributed by atoms with Crippen LogP contribution in [0.25, 0.3) is 0 Å². The molecule has 2 unspecified atom stereocenters. The molecule has 1 amide bonds. The SMILES string of the molecule is CCCCCCCCCCCCN1CC(C)N(C(=O)c2ccc(C/C(N)=N/O)cc2)CC1C. The number of oxime groups is 1. The highest BCUT2D eigenvalue weighted by atomic mass is 16.4. The van der Waals surface area contributed by atoms with Crippen LogP contribution >= 0.6 is 0 Å². The van der Waals surface area contributed by atoms with Crippen molar-refractivity contribution in [1.82, 2.24) is 9.80 Å². The number of hydrogen-bond donors (Lipinski definition) is 2. The van der Waals surface area contributed by atoms with Gasteiger partial charge < -0.3 is 15.8 Å². The first-order chi connectivity index (χ1) is 16.0. The molecule has 6 heteroatoms. The van der Waals surface area contributed by atoms with Crippen molar-refractivity contribution in [3.8, 4) is 0 Å². The Morgan fingerprint density at radius 3 is 2.09 bits per heavy atom. The van der Waals surface area contributed by atoms with E-state index in [1.165, 1.54) is 64.2 Å². The Bertz CT molecular complexity index is 719. The van der Waals surface area contributed by atoms with Crippen LogP contribution in [0.4, 0.5) is 0 Å². The molecule has 0 spiro atoms. The zero-order chi connectivity index (χ0) is 24.1. The molecule has 1 heterocycles. The Balaban J connectivity index is 1.70. The largest absolute Gasteiger partial charge is 0.409 e. The third-order valence-corrected chi connectivity index (χ3v) is 6.89. The lowest BCUT2D eigenvalue weighted by molar-refractivity contribution is 0.0312. The van der Waals surface area contributed by atoms with E-state index in [0.29, 0.717) is 18.0 Å². The van der Waals surface area contributed by atoms with Gasteiger partial charge in [-0.25, -0.2) is 0 Å². The number of carbonyl (C=O) groups excluding carboxylic acids is 1. The number of amides is 1. The molecule has 6 nitrogen and oxygen atoms in total. The van der Waals surface area contributed by atoms with E-state index in [4.69, 9.17) is 10.9 Å². The van der Waals surface area contributed by atoms with E-state index < -0.39 is 0 Å². The van der Waals surface area contributed by atoms with Crippen LogP contribution in [0.1, 0.15) is 101 Å². The average molecular weight is 459 g/mol. The standard InChI is InChI=1S/C27H46N4O2/c1-4-5-6-7-8-9-10-11-12-13-18-30-20-23(3)31(21-22(30)2)27(32)25-16-14-24(15-17-25)19-26(28)29-33/h14-17,22-23,33H,4-13,18-21H2,1-3H3,(H2,28,29). The molecule has 1 aromatic carbocycles. The van der Waals surface area contributed by atoms with Crippen molar-refractivity contribution in [2.75, 3.05) is 19.6 Å². The molecule has 3 N–H and O–H groups in total. The summed E-state index contributed by atoms with van der Waals surface area (Å²) in [5.41, 5.74) is 7.19. The second-order valence-electron chi connectivity index (χ2n) is 9.80. The van der Waals surface area contributed by atoms with E-state index in [2.05, 4.69) is 30.8 Å². The quantitative estimate of drug-likeness (QED) is 0.128. The summed E-state index contributed by atoms with van der Waals surface area (Å²) in [5, 5.41) is 11.7. The van der Waals surface area contributed by atoms with Gasteiger partial charge in [0.05, 0.1) is 0 Å². The maximum Gasteiger partial charge on any atom is 0.254 e. The summed E-state index contributed by atoms with van der Waals surface area (Å²) in [4.78, 5) is 17.7. The molecule has 1 aromatic rings. The second-order valence-corrected chi connectivity index (χ2v) is 9.80. The number of benzene rings is 1. The van der Waals surface area contributed by atoms with Crippen LogP contribution in [0.3, 0.4) is 0 Å². The lowest BCUT2D eigenvalue weighted by Crippen LogP contribution is -2.58. The lowest BCUT2D eigenvalue weighted by Gasteiger charge is -2.44. The van der Waals surface area contributed by atoms with E-state index in [0.717, 1.165) is 25.2 Å². The maximum atomic E-state index is 13.1. The van der Waals surface area contributed by atoms with Crippen LogP contribution in [0.15, 0.2) is 29.4 Å². The molecule has 1 saturated heterocycles. The normalized spacial score (nSPS) is 19.7. The van der Waals surface area contributed by atoms with Crippen molar-refractivity contribution >= 4 is 11.7 Å². The first-order valence-electron chi connectivity index (χ1n) is 13.1. The van der Waals surface area contributed by atoms with Gasteiger partial charge in [-0.2, -0.15) is 0 Å². The van der Waals surface area contributed by atoms with Gasteiger partial charge in [-0.1, -0.05) is 82.0 Å². The van der Waals surface area contributed by atoms with Crippen molar-refractivity contribution < 1.29 is 10.0 Å². The fourth-order valence-corrected chi connectivity index (χ4v) is 4.77. The molecule has 186 valence electrons. The zero-order valence-corrected chi connectivity index (χ0v) is 21.1. The summed E-state index contributed by atoms with van der Waals surface area (Å²) in [5.74, 6) is 0.248. The topological polar surface area (TPSA) is 82.2 Å². The molecule has 1 aliphatic rings. The van der Waals surface area contributed by atoms with Crippen molar-refractivity contribution in [3.63, 3.8) is 0 Å². The molecule has 0 saturated carbocycles. The van der Waals surface area contributed by atoms with Gasteiger partial charge in [0.25, 0.3) is 5.91 Å². The minimum absolute atomic E-state index is 0.0864. The number of carbonyl (C=O) groups is 1. The van der Waals surface area contributed by atoms with Gasteiger partial charge in [-0.3, -0.25) is 9.69 Å². The number of unbranched alkanes of at least 4 members (excludes halogenated alkanes) is 9. The Morgan fingerprint density at radius 1 is 0.939 bits per heavy atom. The monoisotopic (exact) mass is 458 g/mol. The van der Waals surface area contributed by atoms with Crippen molar-refractivity contribution in [3.05, 3.63) is 35.4 Å². The van der Waals surface area contributed by atoms with E-state index in [1.54, 1.807) is 0 Å². The summed E-state index contributed by atoms with van der Waals surface area (Å²) in [6, 6.07) is 8.02. The van der Waals surface area contributed by atoms with Gasteiger partial charge in [-0.15, -0.1) is 0 Å². The Morgan fingerprint density at radius 2 is 1.52 bits per heavy atom. The van der Waals surface area contributed by atoms with Crippen molar-refractivity contribution in [2.45, 2.75) is 103 Å². The van der Waals surface area contributed by atoms with E-state index in [1.807, 2.05) is 29.2 Å². The van der Waals surface area contributed by atoms with Crippen LogP contribution in [-0.4, -0.2) is 58.5 Å². The van der Waals surface area contributed by atoms with Crippen molar-refractivity contribution in [2.24, 2.45) is 10.9 Å². The zero-order valence-electron chi connectivity index (χ0n) is 21.1. The molecule has 0 bridgehead atoms. The summed E-state index contributed by atoms with van der Waals surface area (Å²) in [7, 11) is 0. The molecule has 1 fully saturated rings. The van der Waals surface area contributed by atoms with Crippen molar-refractivity contribution in [1.29, 1.82) is 0 Å². The fourth-order valence-electron chi connectivity index (χ4n) is 4.77. The second kappa shape index (κ2) is 14.9. The molecule has 2 atom stereocenters. The molecular weight excluding hydrogens is 412 g/mol. The van der Waals surface area contributed by atoms with Gasteiger partial charge in [0, 0.05) is 37.2 Å². The van der Waals surface area contributed by atoms with Gasteiger partial charge in [0.2, 0.25) is 0 Å². The first-order valence-corrected chi connectivity index (χ1v) is 13.1. The number of nitrogens with two attached hydrogens (primary N) is 1. The molecule has 0 aliphatic carbocycles. The molecule has 2 rings (SSSR count). The molecular formula is C27H46N4O2. The predicted octanol–water partition coefficient (Wildman–Crippen LogP) is 5.43. The number of piperazine rings is 1. The maximum absolute atomic E-state index is 13.1. The van der Waals surface area contributed by atoms with E-state index in [9.17, 15) is 4.79 Å². The highest BCUT2D eigenvalue weighted by molar-refractivity contribution is 5.94. The summed E-state index contributed by atoms with van der Waals surface area (Å²) < 4.78 is 0. The predicted molar refractivity (Wildman–Crippen MR) is 137 cm³/mol. The van der Waals surface area contributed by atoms with Gasteiger partial charge in [-0.05, 0) is 44.5 Å². The van der Waals surface area contributed by atoms with Gasteiger partial charge >= 0.3 is 0 Å². The van der Waals surface area contributed by atoms with Crippen LogP contribution in [-0.2, 0) is 6.42 Å². The first kappa shape index (κ1) is 27.2. The third kappa shape index (κ3) is 9.36. The summed E-state index contributed by atoms with van der Waals surface area (Å²) in [6.45, 7) is 9.50. The molecule has 33 heavy (non-hydrogen) atoms. The van der Waals surface area contributed by atoms with Gasteiger partial charge in [0.1, 0.15) is 5.84 Å². The van der Waals surface area contributed by atoms with Gasteiger partial charge in [0.15, 0.2) is 0 Å². The summed E-state index contributed by atoms with van der Waals surface area (Å²) in [6.07, 6.45) is 14.0. The van der Waals surface area contributed by atoms with Crippen LogP contribution in [0.2, 0.25) is 0 Å². The highest BCUT2D eigenvalue weighted by Gasteiger charge is 2.32. The smallest absolute Gasteiger partial charge is 0.254 e. The fraction of sp³-hybridized carbons (Fsp3) is 0.704. The number of amidine groups is 1. The number of nitrogens with zero attached hydrogens (tertiary/aromatic N) is 3. The molecule has 0 aromatic heterocycles. The average Bonchev–Trinajstić information content (AvgIpc) is 2.82. The molecule has 0 radical (unpaired) electrons.